The van der Waals surface area contributed by atoms with Crippen molar-refractivity contribution >= 4 is 0 Å². The van der Waals surface area contributed by atoms with Crippen LogP contribution in [0.15, 0.2) is 24.3 Å². The summed E-state index contributed by atoms with van der Waals surface area (Å²) in [5.41, 5.74) is 1.11. The highest BCUT2D eigenvalue weighted by Crippen LogP contribution is 2.36. The van der Waals surface area contributed by atoms with E-state index >= 15 is 0 Å². The molecule has 0 aliphatic carbocycles. The second-order valence-electron chi connectivity index (χ2n) is 5.18. The molecule has 17 heavy (non-hydrogen) atoms. The first-order chi connectivity index (χ1) is 8.03. The highest BCUT2D eigenvalue weighted by atomic mass is 16.7. The van der Waals surface area contributed by atoms with Crippen LogP contribution in [-0.4, -0.2) is 19.8 Å². The van der Waals surface area contributed by atoms with Crippen LogP contribution in [0.3, 0.4) is 0 Å². The fourth-order valence-electron chi connectivity index (χ4n) is 1.75. The van der Waals surface area contributed by atoms with Crippen molar-refractivity contribution in [2.24, 2.45) is 5.41 Å². The molecule has 0 radical (unpaired) electrons. The van der Waals surface area contributed by atoms with Gasteiger partial charge < -0.3 is 14.2 Å². The highest BCUT2D eigenvalue weighted by molar-refractivity contribution is 5.28. The molecule has 0 N–H and O–H groups in total. The Balaban J connectivity index is 2.08. The van der Waals surface area contributed by atoms with Gasteiger partial charge in [-0.1, -0.05) is 26.0 Å². The summed E-state index contributed by atoms with van der Waals surface area (Å²) in [5, 5.41) is 0. The lowest BCUT2D eigenvalue weighted by Gasteiger charge is -2.40. The van der Waals surface area contributed by atoms with Crippen LogP contribution in [-0.2, 0) is 9.47 Å². The SMILES string of the molecule is COc1ccc([C@@H]2OCC(C)(C)[C@@H](C)O2)cc1. The van der Waals surface area contributed by atoms with Gasteiger partial charge in [-0.3, -0.25) is 0 Å². The summed E-state index contributed by atoms with van der Waals surface area (Å²) in [7, 11) is 1.66. The lowest BCUT2D eigenvalue weighted by atomic mass is 9.87. The van der Waals surface area contributed by atoms with E-state index in [0.717, 1.165) is 11.3 Å². The highest BCUT2D eigenvalue weighted by Gasteiger charge is 2.35. The van der Waals surface area contributed by atoms with Crippen LogP contribution in [0, 0.1) is 5.41 Å². The summed E-state index contributed by atoms with van der Waals surface area (Å²) in [6.45, 7) is 7.12. The Labute approximate surface area is 103 Å². The molecule has 0 saturated carbocycles. The molecule has 2 atom stereocenters. The van der Waals surface area contributed by atoms with Gasteiger partial charge in [0.25, 0.3) is 0 Å². The Bertz CT molecular complexity index is 370. The fourth-order valence-corrected chi connectivity index (χ4v) is 1.75. The van der Waals surface area contributed by atoms with Gasteiger partial charge in [-0.25, -0.2) is 0 Å². The number of hydrogen-bond donors (Lipinski definition) is 0. The lowest BCUT2D eigenvalue weighted by Crippen LogP contribution is -2.40. The van der Waals surface area contributed by atoms with E-state index in [1.165, 1.54) is 0 Å². The summed E-state index contributed by atoms with van der Waals surface area (Å²) in [5.74, 6) is 0.845. The average molecular weight is 236 g/mol. The zero-order chi connectivity index (χ0) is 12.5. The molecule has 3 nitrogen and oxygen atoms in total. The van der Waals surface area contributed by atoms with Crippen molar-refractivity contribution in [3.63, 3.8) is 0 Å². The molecular weight excluding hydrogens is 216 g/mol. The molecule has 0 bridgehead atoms. The zero-order valence-corrected chi connectivity index (χ0v) is 10.9. The van der Waals surface area contributed by atoms with Gasteiger partial charge >= 0.3 is 0 Å². The Hall–Kier alpha value is -1.06. The quantitative estimate of drug-likeness (QED) is 0.789. The van der Waals surface area contributed by atoms with Crippen molar-refractivity contribution < 1.29 is 14.2 Å². The molecule has 94 valence electrons. The molecule has 1 aromatic rings. The maximum Gasteiger partial charge on any atom is 0.184 e. The Morgan fingerprint density at radius 2 is 1.88 bits per heavy atom. The standard InChI is InChI=1S/C14H20O3/c1-10-14(2,3)9-16-13(17-10)11-5-7-12(15-4)8-6-11/h5-8,10,13H,9H2,1-4H3/t10-,13-/m1/s1. The monoisotopic (exact) mass is 236 g/mol. The van der Waals surface area contributed by atoms with Crippen LogP contribution in [0.25, 0.3) is 0 Å². The smallest absolute Gasteiger partial charge is 0.184 e. The second-order valence-corrected chi connectivity index (χ2v) is 5.18. The number of ether oxygens (including phenoxy) is 3. The topological polar surface area (TPSA) is 27.7 Å². The molecule has 1 heterocycles. The number of benzene rings is 1. The van der Waals surface area contributed by atoms with E-state index in [-0.39, 0.29) is 17.8 Å². The molecular formula is C14H20O3. The van der Waals surface area contributed by atoms with Crippen molar-refractivity contribution in [1.29, 1.82) is 0 Å². The van der Waals surface area contributed by atoms with Crippen molar-refractivity contribution in [3.05, 3.63) is 29.8 Å². The van der Waals surface area contributed by atoms with Crippen molar-refractivity contribution in [2.75, 3.05) is 13.7 Å². The normalized spacial score (nSPS) is 27.8. The van der Waals surface area contributed by atoms with Gasteiger partial charge in [0.1, 0.15) is 5.75 Å². The summed E-state index contributed by atoms with van der Waals surface area (Å²) >= 11 is 0. The minimum absolute atomic E-state index is 0.0724. The zero-order valence-electron chi connectivity index (χ0n) is 10.9. The van der Waals surface area contributed by atoms with Crippen LogP contribution in [0.4, 0.5) is 0 Å². The molecule has 0 unspecified atom stereocenters. The Kier molecular flexibility index (Phi) is 3.40. The van der Waals surface area contributed by atoms with Crippen LogP contribution in [0.2, 0.25) is 0 Å². The van der Waals surface area contributed by atoms with E-state index < -0.39 is 0 Å². The van der Waals surface area contributed by atoms with E-state index in [1.54, 1.807) is 7.11 Å². The first kappa shape index (κ1) is 12.4. The van der Waals surface area contributed by atoms with Crippen LogP contribution in [0.1, 0.15) is 32.6 Å². The third-order valence-electron chi connectivity index (χ3n) is 3.42. The molecule has 2 rings (SSSR count). The fraction of sp³-hybridized carbons (Fsp3) is 0.571. The lowest BCUT2D eigenvalue weighted by molar-refractivity contribution is -0.259. The molecule has 1 saturated heterocycles. The molecule has 0 spiro atoms. The predicted molar refractivity (Wildman–Crippen MR) is 66.0 cm³/mol. The molecule has 3 heteroatoms. The van der Waals surface area contributed by atoms with Gasteiger partial charge in [-0.05, 0) is 19.1 Å². The number of hydrogen-bond acceptors (Lipinski definition) is 3. The Morgan fingerprint density at radius 3 is 2.41 bits per heavy atom. The maximum absolute atomic E-state index is 5.90. The molecule has 0 aromatic heterocycles. The second kappa shape index (κ2) is 4.67. The minimum Gasteiger partial charge on any atom is -0.497 e. The number of methoxy groups -OCH3 is 1. The van der Waals surface area contributed by atoms with Crippen LogP contribution >= 0.6 is 0 Å². The molecule has 1 fully saturated rings. The molecule has 1 aliphatic heterocycles. The van der Waals surface area contributed by atoms with E-state index in [9.17, 15) is 0 Å². The van der Waals surface area contributed by atoms with E-state index in [2.05, 4.69) is 20.8 Å². The van der Waals surface area contributed by atoms with E-state index in [0.29, 0.717) is 6.61 Å². The summed E-state index contributed by atoms with van der Waals surface area (Å²) in [4.78, 5) is 0. The van der Waals surface area contributed by atoms with E-state index in [4.69, 9.17) is 14.2 Å². The first-order valence-corrected chi connectivity index (χ1v) is 5.94. The van der Waals surface area contributed by atoms with Gasteiger partial charge in [-0.15, -0.1) is 0 Å². The minimum atomic E-state index is -0.260. The summed E-state index contributed by atoms with van der Waals surface area (Å²) in [6.07, 6.45) is -0.0766. The molecule has 1 aromatic carbocycles. The largest absolute Gasteiger partial charge is 0.497 e. The third kappa shape index (κ3) is 2.61. The van der Waals surface area contributed by atoms with Gasteiger partial charge in [-0.2, -0.15) is 0 Å². The van der Waals surface area contributed by atoms with Crippen molar-refractivity contribution in [3.8, 4) is 5.75 Å². The van der Waals surface area contributed by atoms with Crippen molar-refractivity contribution in [2.45, 2.75) is 33.2 Å². The van der Waals surface area contributed by atoms with Gasteiger partial charge in [0.2, 0.25) is 0 Å². The Morgan fingerprint density at radius 1 is 1.24 bits per heavy atom. The van der Waals surface area contributed by atoms with Crippen LogP contribution < -0.4 is 4.74 Å². The number of rotatable bonds is 2. The molecule has 1 aliphatic rings. The van der Waals surface area contributed by atoms with Gasteiger partial charge in [0, 0.05) is 11.0 Å². The maximum atomic E-state index is 5.90. The average Bonchev–Trinajstić information content (AvgIpc) is 2.33. The molecule has 0 amide bonds. The first-order valence-electron chi connectivity index (χ1n) is 5.94. The van der Waals surface area contributed by atoms with Crippen LogP contribution in [0.5, 0.6) is 5.75 Å². The van der Waals surface area contributed by atoms with Gasteiger partial charge in [0.05, 0.1) is 19.8 Å². The third-order valence-corrected chi connectivity index (χ3v) is 3.42. The summed E-state index contributed by atoms with van der Waals surface area (Å²) < 4.78 is 16.8. The van der Waals surface area contributed by atoms with E-state index in [1.807, 2.05) is 24.3 Å². The van der Waals surface area contributed by atoms with Gasteiger partial charge in [0.15, 0.2) is 6.29 Å². The summed E-state index contributed by atoms with van der Waals surface area (Å²) in [6, 6.07) is 7.81. The predicted octanol–water partition coefficient (Wildman–Crippen LogP) is 3.16. The van der Waals surface area contributed by atoms with Crippen molar-refractivity contribution in [1.82, 2.24) is 0 Å².